The van der Waals surface area contributed by atoms with Gasteiger partial charge in [-0.25, -0.2) is 14.8 Å². The van der Waals surface area contributed by atoms with Crippen LogP contribution in [0.5, 0.6) is 0 Å². The molecule has 0 radical (unpaired) electrons. The molecule has 6 heteroatoms. The highest BCUT2D eigenvalue weighted by Gasteiger charge is 2.28. The summed E-state index contributed by atoms with van der Waals surface area (Å²) in [5.41, 5.74) is 1.53. The monoisotopic (exact) mass is 300 g/mol. The van der Waals surface area contributed by atoms with E-state index in [9.17, 15) is 4.79 Å². The summed E-state index contributed by atoms with van der Waals surface area (Å²) in [6.07, 6.45) is 3.99. The molecule has 6 nitrogen and oxygen atoms in total. The lowest BCUT2D eigenvalue weighted by Crippen LogP contribution is -2.40. The van der Waals surface area contributed by atoms with Crippen LogP contribution in [0.2, 0.25) is 0 Å². The summed E-state index contributed by atoms with van der Waals surface area (Å²) in [6, 6.07) is 5.78. The molecule has 1 aliphatic heterocycles. The predicted octanol–water partition coefficient (Wildman–Crippen LogP) is 2.56. The van der Waals surface area contributed by atoms with Crippen molar-refractivity contribution in [3.05, 3.63) is 42.1 Å². The van der Waals surface area contributed by atoms with Crippen molar-refractivity contribution in [2.75, 3.05) is 6.54 Å². The standard InChI is InChI=1S/C16H20N4O2/c1-16(2,3)22-15(21)19-9-7-13-12(10-19)18-11-20(13)14-6-4-5-8-17-14/h4-6,8,11H,7,9-10H2,1-3H3. The quantitative estimate of drug-likeness (QED) is 0.812. The fourth-order valence-electron chi connectivity index (χ4n) is 2.48. The molecule has 3 heterocycles. The number of carbonyl (C=O) groups excluding carboxylic acids is 1. The van der Waals surface area contributed by atoms with Gasteiger partial charge in [0, 0.05) is 19.2 Å². The van der Waals surface area contributed by atoms with Gasteiger partial charge in [-0.05, 0) is 32.9 Å². The second kappa shape index (κ2) is 5.44. The molecule has 1 amide bonds. The van der Waals surface area contributed by atoms with Crippen molar-refractivity contribution in [3.8, 4) is 5.82 Å². The van der Waals surface area contributed by atoms with Crippen LogP contribution in [-0.4, -0.2) is 37.7 Å². The molecule has 22 heavy (non-hydrogen) atoms. The zero-order valence-electron chi connectivity index (χ0n) is 13.1. The van der Waals surface area contributed by atoms with Crippen LogP contribution in [0.4, 0.5) is 4.79 Å². The van der Waals surface area contributed by atoms with Crippen LogP contribution >= 0.6 is 0 Å². The van der Waals surface area contributed by atoms with E-state index in [2.05, 4.69) is 9.97 Å². The average molecular weight is 300 g/mol. The van der Waals surface area contributed by atoms with Gasteiger partial charge in [0.2, 0.25) is 0 Å². The van der Waals surface area contributed by atoms with E-state index < -0.39 is 5.60 Å². The average Bonchev–Trinajstić information content (AvgIpc) is 2.89. The van der Waals surface area contributed by atoms with Crippen LogP contribution in [0.25, 0.3) is 5.82 Å². The molecule has 1 aliphatic rings. The van der Waals surface area contributed by atoms with E-state index in [4.69, 9.17) is 4.74 Å². The van der Waals surface area contributed by atoms with Gasteiger partial charge in [-0.3, -0.25) is 4.57 Å². The molecule has 3 rings (SSSR count). The van der Waals surface area contributed by atoms with Crippen LogP contribution in [0.15, 0.2) is 30.7 Å². The first-order chi connectivity index (χ1) is 10.4. The van der Waals surface area contributed by atoms with Gasteiger partial charge in [0.1, 0.15) is 17.7 Å². The largest absolute Gasteiger partial charge is 0.444 e. The van der Waals surface area contributed by atoms with E-state index >= 15 is 0 Å². The molecule has 0 spiro atoms. The maximum absolute atomic E-state index is 12.2. The highest BCUT2D eigenvalue weighted by Crippen LogP contribution is 2.22. The number of carbonyl (C=O) groups is 1. The zero-order valence-corrected chi connectivity index (χ0v) is 13.1. The highest BCUT2D eigenvalue weighted by atomic mass is 16.6. The summed E-state index contributed by atoms with van der Waals surface area (Å²) < 4.78 is 7.41. The van der Waals surface area contributed by atoms with Crippen molar-refractivity contribution in [2.24, 2.45) is 0 Å². The topological polar surface area (TPSA) is 60.2 Å². The van der Waals surface area contributed by atoms with E-state index in [-0.39, 0.29) is 6.09 Å². The van der Waals surface area contributed by atoms with Crippen molar-refractivity contribution in [2.45, 2.75) is 39.3 Å². The van der Waals surface area contributed by atoms with Crippen LogP contribution in [0.1, 0.15) is 32.2 Å². The van der Waals surface area contributed by atoms with Crippen LogP contribution in [0, 0.1) is 0 Å². The number of pyridine rings is 1. The molecule has 0 bridgehead atoms. The number of fused-ring (bicyclic) bond motifs is 1. The third-order valence-electron chi connectivity index (χ3n) is 3.46. The highest BCUT2D eigenvalue weighted by molar-refractivity contribution is 5.68. The molecular formula is C16H20N4O2. The molecule has 0 aromatic carbocycles. The molecule has 0 atom stereocenters. The van der Waals surface area contributed by atoms with Crippen LogP contribution < -0.4 is 0 Å². The summed E-state index contributed by atoms with van der Waals surface area (Å²) in [5, 5.41) is 0. The number of aromatic nitrogens is 3. The van der Waals surface area contributed by atoms with Crippen molar-refractivity contribution < 1.29 is 9.53 Å². The number of amides is 1. The molecule has 0 N–H and O–H groups in total. The maximum atomic E-state index is 12.2. The fourth-order valence-corrected chi connectivity index (χ4v) is 2.48. The summed E-state index contributed by atoms with van der Waals surface area (Å²) in [7, 11) is 0. The third-order valence-corrected chi connectivity index (χ3v) is 3.46. The second-order valence-electron chi connectivity index (χ2n) is 6.35. The van der Waals surface area contributed by atoms with Gasteiger partial charge in [-0.15, -0.1) is 0 Å². The molecule has 0 unspecified atom stereocenters. The fraction of sp³-hybridized carbons (Fsp3) is 0.438. The predicted molar refractivity (Wildman–Crippen MR) is 81.7 cm³/mol. The van der Waals surface area contributed by atoms with Crippen molar-refractivity contribution >= 4 is 6.09 Å². The molecule has 0 saturated carbocycles. The van der Waals surface area contributed by atoms with Gasteiger partial charge >= 0.3 is 6.09 Å². The van der Waals surface area contributed by atoms with Gasteiger partial charge < -0.3 is 9.64 Å². The summed E-state index contributed by atoms with van der Waals surface area (Å²) in [5.74, 6) is 0.849. The van der Waals surface area contributed by atoms with Gasteiger partial charge in [-0.2, -0.15) is 0 Å². The number of imidazole rings is 1. The van der Waals surface area contributed by atoms with Gasteiger partial charge in [-0.1, -0.05) is 6.07 Å². The van der Waals surface area contributed by atoms with Gasteiger partial charge in [0.15, 0.2) is 0 Å². The van der Waals surface area contributed by atoms with Gasteiger partial charge in [0.05, 0.1) is 17.9 Å². The summed E-state index contributed by atoms with van der Waals surface area (Å²) in [4.78, 5) is 22.6. The Morgan fingerprint density at radius 1 is 1.27 bits per heavy atom. The van der Waals surface area contributed by atoms with E-state index in [1.165, 1.54) is 0 Å². The van der Waals surface area contributed by atoms with E-state index in [0.29, 0.717) is 13.1 Å². The second-order valence-corrected chi connectivity index (χ2v) is 6.35. The van der Waals surface area contributed by atoms with Crippen LogP contribution in [0.3, 0.4) is 0 Å². The molecule has 116 valence electrons. The Bertz CT molecular complexity index is 673. The number of nitrogens with zero attached hydrogens (tertiary/aromatic N) is 4. The number of hydrogen-bond acceptors (Lipinski definition) is 4. The van der Waals surface area contributed by atoms with Crippen molar-refractivity contribution in [3.63, 3.8) is 0 Å². The minimum atomic E-state index is -0.481. The summed E-state index contributed by atoms with van der Waals surface area (Å²) in [6.45, 7) is 6.72. The number of rotatable bonds is 1. The molecule has 0 aliphatic carbocycles. The van der Waals surface area contributed by atoms with E-state index in [1.807, 2.05) is 43.5 Å². The van der Waals surface area contributed by atoms with Crippen LogP contribution in [-0.2, 0) is 17.7 Å². The Kier molecular flexibility index (Phi) is 3.60. The molecule has 0 fully saturated rings. The van der Waals surface area contributed by atoms with Gasteiger partial charge in [0.25, 0.3) is 0 Å². The first-order valence-electron chi connectivity index (χ1n) is 7.38. The van der Waals surface area contributed by atoms with E-state index in [1.54, 1.807) is 17.4 Å². The lowest BCUT2D eigenvalue weighted by Gasteiger charge is -2.29. The Balaban J connectivity index is 1.78. The maximum Gasteiger partial charge on any atom is 0.410 e. The Morgan fingerprint density at radius 2 is 2.09 bits per heavy atom. The lowest BCUT2D eigenvalue weighted by molar-refractivity contribution is 0.0220. The first-order valence-corrected chi connectivity index (χ1v) is 7.38. The molecule has 2 aromatic rings. The first kappa shape index (κ1) is 14.6. The Morgan fingerprint density at radius 3 is 2.77 bits per heavy atom. The Labute approximate surface area is 129 Å². The zero-order chi connectivity index (χ0) is 15.7. The SMILES string of the molecule is CC(C)(C)OC(=O)N1CCc2c(ncn2-c2ccccn2)C1. The molecule has 0 saturated heterocycles. The number of hydrogen-bond donors (Lipinski definition) is 0. The molecule has 2 aromatic heterocycles. The lowest BCUT2D eigenvalue weighted by atomic mass is 10.1. The Hall–Kier alpha value is -2.37. The van der Waals surface area contributed by atoms with Crippen molar-refractivity contribution in [1.29, 1.82) is 0 Å². The third kappa shape index (κ3) is 2.95. The molecular weight excluding hydrogens is 280 g/mol. The minimum absolute atomic E-state index is 0.287. The smallest absolute Gasteiger partial charge is 0.410 e. The number of ether oxygens (including phenoxy) is 1. The van der Waals surface area contributed by atoms with Crippen molar-refractivity contribution in [1.82, 2.24) is 19.4 Å². The normalized spacial score (nSPS) is 14.6. The minimum Gasteiger partial charge on any atom is -0.444 e. The van der Waals surface area contributed by atoms with E-state index in [0.717, 1.165) is 23.6 Å². The summed E-state index contributed by atoms with van der Waals surface area (Å²) >= 11 is 0.